The molecule has 0 amide bonds. The third-order valence-electron chi connectivity index (χ3n) is 3.63. The number of halogens is 2. The minimum absolute atomic E-state index is 0.0799. The third kappa shape index (κ3) is 4.63. The van der Waals surface area contributed by atoms with Crippen LogP contribution in [0, 0.1) is 0 Å². The van der Waals surface area contributed by atoms with E-state index in [-0.39, 0.29) is 22.1 Å². The maximum absolute atomic E-state index is 12.9. The normalized spacial score (nSPS) is 12.5. The molecule has 0 bridgehead atoms. The van der Waals surface area contributed by atoms with Crippen molar-refractivity contribution in [2.75, 3.05) is 12.9 Å². The molecule has 5 nitrogen and oxygen atoms in total. The van der Waals surface area contributed by atoms with E-state index in [1.807, 2.05) is 0 Å². The Balaban J connectivity index is 2.46. The number of hydrogen-bond acceptors (Lipinski definition) is 5. The molecule has 0 radical (unpaired) electrons. The van der Waals surface area contributed by atoms with Gasteiger partial charge in [0, 0.05) is 11.8 Å². The van der Waals surface area contributed by atoms with Crippen LogP contribution in [0.15, 0.2) is 47.4 Å². The summed E-state index contributed by atoms with van der Waals surface area (Å²) in [5, 5.41) is 0.502. The molecule has 26 heavy (non-hydrogen) atoms. The number of rotatable bonds is 6. The van der Waals surface area contributed by atoms with Crippen molar-refractivity contribution >= 4 is 44.8 Å². The molecule has 0 heterocycles. The summed E-state index contributed by atoms with van der Waals surface area (Å²) in [5.41, 5.74) is 0.525. The Morgan fingerprint density at radius 3 is 2.15 bits per heavy atom. The average molecular weight is 415 g/mol. The van der Waals surface area contributed by atoms with Crippen LogP contribution in [0.4, 0.5) is 0 Å². The molecule has 8 heteroatoms. The molecular formula is C18H16Cl2O5S. The van der Waals surface area contributed by atoms with Gasteiger partial charge in [-0.2, -0.15) is 0 Å². The number of benzene rings is 2. The first-order chi connectivity index (χ1) is 12.1. The molecule has 0 aromatic heterocycles. The number of ether oxygens (including phenoxy) is 1. The summed E-state index contributed by atoms with van der Waals surface area (Å²) in [5.74, 6) is -2.47. The second-order valence-electron chi connectivity index (χ2n) is 5.52. The van der Waals surface area contributed by atoms with E-state index in [1.165, 1.54) is 42.5 Å². The van der Waals surface area contributed by atoms with Crippen LogP contribution >= 0.6 is 23.2 Å². The van der Waals surface area contributed by atoms with Gasteiger partial charge < -0.3 is 4.74 Å². The number of carbonyl (C=O) groups is 2. The predicted molar refractivity (Wildman–Crippen MR) is 99.7 cm³/mol. The fraction of sp³-hybridized carbons (Fsp3) is 0.222. The molecule has 0 saturated heterocycles. The first kappa shape index (κ1) is 20.4. The van der Waals surface area contributed by atoms with Crippen LogP contribution in [-0.2, 0) is 19.4 Å². The van der Waals surface area contributed by atoms with E-state index in [0.29, 0.717) is 10.6 Å². The molecule has 1 atom stereocenters. The maximum Gasteiger partial charge on any atom is 0.321 e. The van der Waals surface area contributed by atoms with E-state index in [0.717, 1.165) is 6.26 Å². The van der Waals surface area contributed by atoms with Gasteiger partial charge in [-0.05, 0) is 36.8 Å². The van der Waals surface area contributed by atoms with E-state index in [4.69, 9.17) is 27.9 Å². The standard InChI is InChI=1S/C18H16Cl2O5S/c1-3-25-18(22)16(12-6-9-14(19)15(20)10-12)17(21)11-4-7-13(8-5-11)26(2,23)24/h4-10,16H,3H2,1-2H3. The summed E-state index contributed by atoms with van der Waals surface area (Å²) in [6.07, 6.45) is 1.07. The Morgan fingerprint density at radius 2 is 1.65 bits per heavy atom. The van der Waals surface area contributed by atoms with Gasteiger partial charge in [-0.15, -0.1) is 0 Å². The summed E-state index contributed by atoms with van der Waals surface area (Å²) >= 11 is 11.9. The SMILES string of the molecule is CCOC(=O)C(C(=O)c1ccc(S(C)(=O)=O)cc1)c1ccc(Cl)c(Cl)c1. The summed E-state index contributed by atoms with van der Waals surface area (Å²) in [6, 6.07) is 9.82. The van der Waals surface area contributed by atoms with Crippen molar-refractivity contribution < 1.29 is 22.7 Å². The van der Waals surface area contributed by atoms with Crippen molar-refractivity contribution in [3.05, 3.63) is 63.6 Å². The fourth-order valence-corrected chi connectivity index (χ4v) is 3.28. The monoisotopic (exact) mass is 414 g/mol. The molecule has 1 unspecified atom stereocenters. The van der Waals surface area contributed by atoms with Crippen molar-refractivity contribution in [3.63, 3.8) is 0 Å². The zero-order valence-corrected chi connectivity index (χ0v) is 16.4. The van der Waals surface area contributed by atoms with Crippen LogP contribution in [0.1, 0.15) is 28.8 Å². The Kier molecular flexibility index (Phi) is 6.44. The van der Waals surface area contributed by atoms with Gasteiger partial charge in [0.05, 0.1) is 21.5 Å². The highest BCUT2D eigenvalue weighted by Gasteiger charge is 2.31. The molecule has 138 valence electrons. The molecule has 0 aliphatic rings. The molecule has 2 aromatic rings. The van der Waals surface area contributed by atoms with Gasteiger partial charge in [0.2, 0.25) is 0 Å². The van der Waals surface area contributed by atoms with Crippen LogP contribution < -0.4 is 0 Å². The van der Waals surface area contributed by atoms with Crippen molar-refractivity contribution in [2.45, 2.75) is 17.7 Å². The lowest BCUT2D eigenvalue weighted by molar-refractivity contribution is -0.143. The minimum Gasteiger partial charge on any atom is -0.465 e. The molecule has 0 saturated carbocycles. The lowest BCUT2D eigenvalue weighted by Crippen LogP contribution is -2.24. The largest absolute Gasteiger partial charge is 0.465 e. The molecule has 0 aliphatic carbocycles. The van der Waals surface area contributed by atoms with Crippen LogP contribution in [0.5, 0.6) is 0 Å². The second kappa shape index (κ2) is 8.20. The number of hydrogen-bond donors (Lipinski definition) is 0. The topological polar surface area (TPSA) is 77.5 Å². The van der Waals surface area contributed by atoms with Gasteiger partial charge in [0.1, 0.15) is 5.92 Å². The van der Waals surface area contributed by atoms with E-state index >= 15 is 0 Å². The quantitative estimate of drug-likeness (QED) is 0.406. The number of carbonyl (C=O) groups excluding carboxylic acids is 2. The molecule has 2 rings (SSSR count). The highest BCUT2D eigenvalue weighted by Crippen LogP contribution is 2.29. The average Bonchev–Trinajstić information content (AvgIpc) is 2.58. The van der Waals surface area contributed by atoms with Crippen molar-refractivity contribution in [3.8, 4) is 0 Å². The van der Waals surface area contributed by atoms with Gasteiger partial charge >= 0.3 is 5.97 Å². The number of sulfone groups is 1. The Bertz CT molecular complexity index is 937. The van der Waals surface area contributed by atoms with Gasteiger partial charge in [-0.3, -0.25) is 9.59 Å². The zero-order valence-electron chi connectivity index (χ0n) is 14.0. The van der Waals surface area contributed by atoms with E-state index < -0.39 is 27.5 Å². The van der Waals surface area contributed by atoms with Crippen LogP contribution in [-0.4, -0.2) is 33.0 Å². The molecule has 2 aromatic carbocycles. The van der Waals surface area contributed by atoms with Gasteiger partial charge in [0.25, 0.3) is 0 Å². The van der Waals surface area contributed by atoms with Crippen molar-refractivity contribution in [2.24, 2.45) is 0 Å². The maximum atomic E-state index is 12.9. The van der Waals surface area contributed by atoms with E-state index in [9.17, 15) is 18.0 Å². The third-order valence-corrected chi connectivity index (χ3v) is 5.50. The predicted octanol–water partition coefficient (Wildman–Crippen LogP) is 3.93. The minimum atomic E-state index is -3.39. The Labute approximate surface area is 161 Å². The van der Waals surface area contributed by atoms with Crippen molar-refractivity contribution in [1.29, 1.82) is 0 Å². The molecule has 0 spiro atoms. The highest BCUT2D eigenvalue weighted by molar-refractivity contribution is 7.90. The van der Waals surface area contributed by atoms with E-state index in [1.54, 1.807) is 6.92 Å². The first-order valence-corrected chi connectivity index (χ1v) is 10.3. The second-order valence-corrected chi connectivity index (χ2v) is 8.35. The molecule has 0 N–H and O–H groups in total. The van der Waals surface area contributed by atoms with Crippen LogP contribution in [0.2, 0.25) is 10.0 Å². The lowest BCUT2D eigenvalue weighted by atomic mass is 9.90. The van der Waals surface area contributed by atoms with Gasteiger partial charge in [0.15, 0.2) is 15.6 Å². The summed E-state index contributed by atoms with van der Waals surface area (Å²) in [7, 11) is -3.39. The van der Waals surface area contributed by atoms with Crippen LogP contribution in [0.25, 0.3) is 0 Å². The lowest BCUT2D eigenvalue weighted by Gasteiger charge is -2.16. The summed E-state index contributed by atoms with van der Waals surface area (Å²) < 4.78 is 28.1. The van der Waals surface area contributed by atoms with Gasteiger partial charge in [-0.1, -0.05) is 41.4 Å². The number of Topliss-reactive ketones (excluding diaryl/α,β-unsaturated/α-hetero) is 1. The summed E-state index contributed by atoms with van der Waals surface area (Å²) in [6.45, 7) is 1.74. The molecular weight excluding hydrogens is 399 g/mol. The highest BCUT2D eigenvalue weighted by atomic mass is 35.5. The van der Waals surface area contributed by atoms with Gasteiger partial charge in [-0.25, -0.2) is 8.42 Å². The summed E-state index contributed by atoms with van der Waals surface area (Å²) in [4.78, 5) is 25.3. The number of esters is 1. The molecule has 0 aliphatic heterocycles. The smallest absolute Gasteiger partial charge is 0.321 e. The first-order valence-electron chi connectivity index (χ1n) is 7.61. The number of ketones is 1. The van der Waals surface area contributed by atoms with E-state index in [2.05, 4.69) is 0 Å². The Morgan fingerprint density at radius 1 is 1.04 bits per heavy atom. The van der Waals surface area contributed by atoms with Crippen LogP contribution in [0.3, 0.4) is 0 Å². The Hall–Kier alpha value is -1.89. The fourth-order valence-electron chi connectivity index (χ4n) is 2.35. The van der Waals surface area contributed by atoms with Crippen molar-refractivity contribution in [1.82, 2.24) is 0 Å². The zero-order chi connectivity index (χ0) is 19.5. The molecule has 0 fully saturated rings.